The van der Waals surface area contributed by atoms with E-state index < -0.39 is 0 Å². The van der Waals surface area contributed by atoms with E-state index in [-0.39, 0.29) is 18.0 Å². The van der Waals surface area contributed by atoms with Crippen LogP contribution in [0, 0.1) is 6.92 Å². The van der Waals surface area contributed by atoms with Gasteiger partial charge in [0.2, 0.25) is 5.91 Å². The summed E-state index contributed by atoms with van der Waals surface area (Å²) in [4.78, 5) is 14.2. The molecule has 0 unspecified atom stereocenters. The molecule has 1 heterocycles. The monoisotopic (exact) mass is 376 g/mol. The number of hydrogen-bond acceptors (Lipinski definition) is 3. The Morgan fingerprint density at radius 3 is 2.33 bits per heavy atom. The number of carbonyl (C=O) groups excluding carboxylic acids is 1. The number of thiophene rings is 1. The van der Waals surface area contributed by atoms with E-state index in [0.29, 0.717) is 6.04 Å². The molecule has 4 heteroatoms. The van der Waals surface area contributed by atoms with Crippen LogP contribution in [-0.2, 0) is 4.79 Å². The highest BCUT2D eigenvalue weighted by Crippen LogP contribution is 2.30. The van der Waals surface area contributed by atoms with E-state index in [1.807, 2.05) is 30.3 Å². The van der Waals surface area contributed by atoms with Gasteiger partial charge in [-0.1, -0.05) is 66.2 Å². The van der Waals surface area contributed by atoms with E-state index in [0.717, 1.165) is 18.4 Å². The molecule has 2 atom stereocenters. The minimum atomic E-state index is -0.389. The van der Waals surface area contributed by atoms with Crippen molar-refractivity contribution in [3.8, 4) is 0 Å². The molecule has 1 fully saturated rings. The molecule has 4 rings (SSSR count). The van der Waals surface area contributed by atoms with Crippen molar-refractivity contribution in [2.45, 2.75) is 37.9 Å². The zero-order valence-corrected chi connectivity index (χ0v) is 16.2. The molecule has 2 aromatic carbocycles. The van der Waals surface area contributed by atoms with Gasteiger partial charge in [-0.15, -0.1) is 11.3 Å². The fourth-order valence-electron chi connectivity index (χ4n) is 3.20. The van der Waals surface area contributed by atoms with Gasteiger partial charge in [0.1, 0.15) is 6.04 Å². The molecule has 27 heavy (non-hydrogen) atoms. The lowest BCUT2D eigenvalue weighted by molar-refractivity contribution is -0.123. The van der Waals surface area contributed by atoms with Crippen molar-refractivity contribution >= 4 is 17.2 Å². The quantitative estimate of drug-likeness (QED) is 0.624. The Hall–Kier alpha value is -2.43. The van der Waals surface area contributed by atoms with Crippen LogP contribution < -0.4 is 10.6 Å². The van der Waals surface area contributed by atoms with Crippen molar-refractivity contribution in [1.82, 2.24) is 10.6 Å². The lowest BCUT2D eigenvalue weighted by Crippen LogP contribution is -2.40. The number of hydrogen-bond donors (Lipinski definition) is 2. The summed E-state index contributed by atoms with van der Waals surface area (Å²) in [7, 11) is 0. The molecule has 1 amide bonds. The van der Waals surface area contributed by atoms with Crippen LogP contribution in [0.3, 0.4) is 0 Å². The second-order valence-electron chi connectivity index (χ2n) is 7.15. The van der Waals surface area contributed by atoms with Crippen LogP contribution in [0.2, 0.25) is 0 Å². The Labute approximate surface area is 164 Å². The summed E-state index contributed by atoms with van der Waals surface area (Å²) < 4.78 is 0. The molecule has 0 aliphatic heterocycles. The lowest BCUT2D eigenvalue weighted by atomic mass is 9.99. The normalized spacial score (nSPS) is 15.9. The molecule has 2 N–H and O–H groups in total. The van der Waals surface area contributed by atoms with Gasteiger partial charge >= 0.3 is 0 Å². The average molecular weight is 377 g/mol. The largest absolute Gasteiger partial charge is 0.352 e. The molecule has 0 saturated heterocycles. The molecule has 1 saturated carbocycles. The lowest BCUT2D eigenvalue weighted by Gasteiger charge is -2.26. The zero-order valence-electron chi connectivity index (χ0n) is 15.4. The van der Waals surface area contributed by atoms with Crippen molar-refractivity contribution in [3.05, 3.63) is 93.7 Å². The van der Waals surface area contributed by atoms with Gasteiger partial charge in [0.25, 0.3) is 0 Å². The Balaban J connectivity index is 1.66. The van der Waals surface area contributed by atoms with E-state index in [1.165, 1.54) is 16.0 Å². The number of carbonyl (C=O) groups is 1. The fourth-order valence-corrected chi connectivity index (χ4v) is 4.02. The van der Waals surface area contributed by atoms with Crippen LogP contribution in [0.4, 0.5) is 0 Å². The minimum Gasteiger partial charge on any atom is -0.352 e. The number of nitrogens with one attached hydrogen (secondary N) is 2. The van der Waals surface area contributed by atoms with Gasteiger partial charge in [-0.25, -0.2) is 0 Å². The summed E-state index contributed by atoms with van der Waals surface area (Å²) in [5, 5.41) is 8.89. The molecule has 0 bridgehead atoms. The van der Waals surface area contributed by atoms with Crippen LogP contribution in [0.1, 0.15) is 46.5 Å². The molecule has 1 aliphatic carbocycles. The predicted molar refractivity (Wildman–Crippen MR) is 111 cm³/mol. The average Bonchev–Trinajstić information content (AvgIpc) is 3.33. The van der Waals surface area contributed by atoms with E-state index in [4.69, 9.17) is 0 Å². The molecule has 0 spiro atoms. The SMILES string of the molecule is Cc1ccc([C@@H](N[C@@H](C(=O)NC2CC2)c2ccccc2)c2cccs2)cc1. The molecule has 1 aliphatic rings. The molecule has 1 aromatic heterocycles. The molecular formula is C23H24N2OS. The second-order valence-corrected chi connectivity index (χ2v) is 8.13. The summed E-state index contributed by atoms with van der Waals surface area (Å²) in [5.74, 6) is 0.0531. The Morgan fingerprint density at radius 1 is 0.963 bits per heavy atom. The Bertz CT molecular complexity index is 871. The van der Waals surface area contributed by atoms with Crippen molar-refractivity contribution in [2.75, 3.05) is 0 Å². The van der Waals surface area contributed by atoms with Gasteiger partial charge in [0.15, 0.2) is 0 Å². The van der Waals surface area contributed by atoms with Crippen molar-refractivity contribution in [2.24, 2.45) is 0 Å². The Kier molecular flexibility index (Phi) is 5.37. The third-order valence-electron chi connectivity index (χ3n) is 4.89. The first-order valence-electron chi connectivity index (χ1n) is 9.42. The fraction of sp³-hybridized carbons (Fsp3) is 0.261. The molecule has 138 valence electrons. The third-order valence-corrected chi connectivity index (χ3v) is 5.83. The van der Waals surface area contributed by atoms with Crippen LogP contribution in [0.15, 0.2) is 72.1 Å². The van der Waals surface area contributed by atoms with Crippen LogP contribution >= 0.6 is 11.3 Å². The maximum Gasteiger partial charge on any atom is 0.241 e. The smallest absolute Gasteiger partial charge is 0.241 e. The second kappa shape index (κ2) is 8.07. The minimum absolute atomic E-state index is 0.0271. The number of benzene rings is 2. The maximum atomic E-state index is 13.0. The summed E-state index contributed by atoms with van der Waals surface area (Å²) in [5.41, 5.74) is 3.39. The summed E-state index contributed by atoms with van der Waals surface area (Å²) in [6, 6.07) is 22.6. The number of aryl methyl sites for hydroxylation is 1. The predicted octanol–water partition coefficient (Wildman–Crippen LogP) is 4.76. The first-order valence-corrected chi connectivity index (χ1v) is 10.3. The van der Waals surface area contributed by atoms with Gasteiger partial charge in [0, 0.05) is 10.9 Å². The van der Waals surface area contributed by atoms with Crippen molar-refractivity contribution in [1.29, 1.82) is 0 Å². The third kappa shape index (κ3) is 4.46. The molecule has 0 radical (unpaired) electrons. The molecular weight excluding hydrogens is 352 g/mol. The van der Waals surface area contributed by atoms with E-state index in [2.05, 4.69) is 59.3 Å². The van der Waals surface area contributed by atoms with E-state index >= 15 is 0 Å². The van der Waals surface area contributed by atoms with E-state index in [1.54, 1.807) is 11.3 Å². The number of amides is 1. The van der Waals surface area contributed by atoms with Gasteiger partial charge < -0.3 is 5.32 Å². The first kappa shape index (κ1) is 18.0. The van der Waals surface area contributed by atoms with Crippen molar-refractivity contribution in [3.63, 3.8) is 0 Å². The highest BCUT2D eigenvalue weighted by atomic mass is 32.1. The Morgan fingerprint density at radius 2 is 1.70 bits per heavy atom. The highest BCUT2D eigenvalue weighted by Gasteiger charge is 2.30. The summed E-state index contributed by atoms with van der Waals surface area (Å²) in [6.45, 7) is 2.09. The summed E-state index contributed by atoms with van der Waals surface area (Å²) in [6.07, 6.45) is 2.17. The van der Waals surface area contributed by atoms with Gasteiger partial charge in [-0.05, 0) is 42.3 Å². The van der Waals surface area contributed by atoms with Crippen LogP contribution in [0.25, 0.3) is 0 Å². The standard InChI is InChI=1S/C23H24N2OS/c1-16-9-11-18(12-10-16)21(20-8-5-15-27-20)25-22(17-6-3-2-4-7-17)23(26)24-19-13-14-19/h2-12,15,19,21-22,25H,13-14H2,1H3,(H,24,26)/t21-,22-/m1/s1. The highest BCUT2D eigenvalue weighted by molar-refractivity contribution is 7.10. The van der Waals surface area contributed by atoms with Gasteiger partial charge in [0.05, 0.1) is 6.04 Å². The molecule has 3 nitrogen and oxygen atoms in total. The van der Waals surface area contributed by atoms with Crippen molar-refractivity contribution < 1.29 is 4.79 Å². The maximum absolute atomic E-state index is 13.0. The van der Waals surface area contributed by atoms with Crippen LogP contribution in [-0.4, -0.2) is 11.9 Å². The topological polar surface area (TPSA) is 41.1 Å². The first-order chi connectivity index (χ1) is 13.2. The van der Waals surface area contributed by atoms with Gasteiger partial charge in [-0.2, -0.15) is 0 Å². The van der Waals surface area contributed by atoms with Crippen LogP contribution in [0.5, 0.6) is 0 Å². The zero-order chi connectivity index (χ0) is 18.6. The number of rotatable bonds is 7. The van der Waals surface area contributed by atoms with Gasteiger partial charge in [-0.3, -0.25) is 10.1 Å². The summed E-state index contributed by atoms with van der Waals surface area (Å²) >= 11 is 1.71. The molecule has 3 aromatic rings. The van der Waals surface area contributed by atoms with E-state index in [9.17, 15) is 4.79 Å².